The Morgan fingerprint density at radius 1 is 1.03 bits per heavy atom. The Balaban J connectivity index is 1.65. The zero-order chi connectivity index (χ0) is 20.8. The van der Waals surface area contributed by atoms with Crippen molar-refractivity contribution in [3.63, 3.8) is 0 Å². The molecule has 0 radical (unpaired) electrons. The fraction of sp³-hybridized carbons (Fsp3) is 0.409. The number of hydrogen-bond donors (Lipinski definition) is 0. The summed E-state index contributed by atoms with van der Waals surface area (Å²) in [6, 6.07) is 13.4. The molecular weight excluding hydrogens is 391 g/mol. The molecule has 2 atom stereocenters. The standard InChI is InChI=1S/C22H25FN2O3S/c1-15(2)16-7-9-18(10-8-16)25-21-14-29(27,28)13-20(21)24(12-22(25)26)11-17-5-3-4-6-19(17)23/h3-10,15,20-21H,11-14H2,1-2H3. The molecule has 154 valence electrons. The first-order valence-electron chi connectivity index (χ1n) is 9.85. The molecule has 2 aromatic rings. The predicted octanol–water partition coefficient (Wildman–Crippen LogP) is 2.96. The summed E-state index contributed by atoms with van der Waals surface area (Å²) >= 11 is 0. The molecule has 0 spiro atoms. The third-order valence-electron chi connectivity index (χ3n) is 5.87. The van der Waals surface area contributed by atoms with Gasteiger partial charge in [-0.15, -0.1) is 0 Å². The molecule has 1 amide bonds. The van der Waals surface area contributed by atoms with Gasteiger partial charge in [-0.25, -0.2) is 12.8 Å². The molecule has 2 fully saturated rings. The Hall–Kier alpha value is -2.25. The summed E-state index contributed by atoms with van der Waals surface area (Å²) in [7, 11) is -3.28. The Kier molecular flexibility index (Phi) is 5.21. The number of halogens is 1. The Labute approximate surface area is 171 Å². The molecule has 5 nitrogen and oxygen atoms in total. The first kappa shape index (κ1) is 20.0. The average molecular weight is 417 g/mol. The lowest BCUT2D eigenvalue weighted by Crippen LogP contribution is -2.61. The van der Waals surface area contributed by atoms with Gasteiger partial charge in [0.1, 0.15) is 5.82 Å². The van der Waals surface area contributed by atoms with E-state index in [0.717, 1.165) is 11.3 Å². The van der Waals surface area contributed by atoms with Gasteiger partial charge in [0.2, 0.25) is 5.91 Å². The van der Waals surface area contributed by atoms with Crippen LogP contribution in [0.15, 0.2) is 48.5 Å². The van der Waals surface area contributed by atoms with Crippen LogP contribution in [0.5, 0.6) is 0 Å². The first-order chi connectivity index (χ1) is 13.7. The van der Waals surface area contributed by atoms with E-state index >= 15 is 0 Å². The van der Waals surface area contributed by atoms with Crippen LogP contribution in [0.25, 0.3) is 0 Å². The lowest BCUT2D eigenvalue weighted by atomic mass is 9.99. The van der Waals surface area contributed by atoms with E-state index in [9.17, 15) is 17.6 Å². The average Bonchev–Trinajstić information content (AvgIpc) is 2.99. The van der Waals surface area contributed by atoms with Crippen LogP contribution in [0, 0.1) is 5.82 Å². The maximum Gasteiger partial charge on any atom is 0.241 e. The molecule has 2 heterocycles. The van der Waals surface area contributed by atoms with Crippen molar-refractivity contribution in [3.8, 4) is 0 Å². The molecule has 0 aliphatic carbocycles. The maximum atomic E-state index is 14.1. The van der Waals surface area contributed by atoms with E-state index < -0.39 is 15.9 Å². The third-order valence-corrected chi connectivity index (χ3v) is 7.57. The van der Waals surface area contributed by atoms with Gasteiger partial charge in [-0.05, 0) is 29.7 Å². The molecule has 2 aliphatic heterocycles. The van der Waals surface area contributed by atoms with E-state index in [-0.39, 0.29) is 42.4 Å². The smallest absolute Gasteiger partial charge is 0.241 e. The minimum absolute atomic E-state index is 0.0139. The Morgan fingerprint density at radius 3 is 2.34 bits per heavy atom. The van der Waals surface area contributed by atoms with E-state index in [4.69, 9.17) is 0 Å². The fourth-order valence-corrected chi connectivity index (χ4v) is 6.31. The zero-order valence-corrected chi connectivity index (χ0v) is 17.4. The van der Waals surface area contributed by atoms with Crippen molar-refractivity contribution in [1.29, 1.82) is 0 Å². The minimum atomic E-state index is -3.28. The van der Waals surface area contributed by atoms with Gasteiger partial charge in [0.05, 0.1) is 24.1 Å². The van der Waals surface area contributed by atoms with Crippen molar-refractivity contribution < 1.29 is 17.6 Å². The molecule has 0 saturated carbocycles. The number of carbonyl (C=O) groups is 1. The number of nitrogens with zero attached hydrogens (tertiary/aromatic N) is 2. The summed E-state index contributed by atoms with van der Waals surface area (Å²) in [4.78, 5) is 16.5. The van der Waals surface area contributed by atoms with E-state index in [1.807, 2.05) is 29.2 Å². The van der Waals surface area contributed by atoms with E-state index in [1.165, 1.54) is 6.07 Å². The maximum absolute atomic E-state index is 14.1. The van der Waals surface area contributed by atoms with E-state index in [2.05, 4.69) is 13.8 Å². The molecule has 0 aromatic heterocycles. The van der Waals surface area contributed by atoms with Crippen LogP contribution < -0.4 is 4.90 Å². The summed E-state index contributed by atoms with van der Waals surface area (Å²) in [5, 5.41) is 0. The van der Waals surface area contributed by atoms with Crippen molar-refractivity contribution in [2.45, 2.75) is 38.4 Å². The van der Waals surface area contributed by atoms with Gasteiger partial charge < -0.3 is 4.90 Å². The molecule has 2 aromatic carbocycles. The van der Waals surface area contributed by atoms with Crippen molar-refractivity contribution >= 4 is 21.4 Å². The van der Waals surface area contributed by atoms with Crippen molar-refractivity contribution in [2.24, 2.45) is 0 Å². The molecule has 29 heavy (non-hydrogen) atoms. The molecule has 2 saturated heterocycles. The van der Waals surface area contributed by atoms with Crippen LogP contribution in [-0.2, 0) is 21.2 Å². The van der Waals surface area contributed by atoms with Gasteiger partial charge in [0.15, 0.2) is 9.84 Å². The van der Waals surface area contributed by atoms with Crippen LogP contribution in [0.2, 0.25) is 0 Å². The molecule has 2 aliphatic rings. The Bertz CT molecular complexity index is 1020. The number of piperazine rings is 1. The largest absolute Gasteiger partial charge is 0.306 e. The monoisotopic (exact) mass is 416 g/mol. The number of benzene rings is 2. The zero-order valence-electron chi connectivity index (χ0n) is 16.6. The highest BCUT2D eigenvalue weighted by atomic mass is 32.2. The number of anilines is 1. The van der Waals surface area contributed by atoms with Gasteiger partial charge in [-0.3, -0.25) is 9.69 Å². The van der Waals surface area contributed by atoms with Gasteiger partial charge >= 0.3 is 0 Å². The van der Waals surface area contributed by atoms with Gasteiger partial charge in [0.25, 0.3) is 0 Å². The number of sulfone groups is 1. The lowest BCUT2D eigenvalue weighted by Gasteiger charge is -2.43. The molecular formula is C22H25FN2O3S. The van der Waals surface area contributed by atoms with Gasteiger partial charge in [-0.2, -0.15) is 0 Å². The second kappa shape index (κ2) is 7.54. The summed E-state index contributed by atoms with van der Waals surface area (Å²) < 4.78 is 39.0. The van der Waals surface area contributed by atoms with E-state index in [1.54, 1.807) is 23.1 Å². The summed E-state index contributed by atoms with van der Waals surface area (Å²) in [6.07, 6.45) is 0. The fourth-order valence-electron chi connectivity index (χ4n) is 4.33. The first-order valence-corrected chi connectivity index (χ1v) is 11.7. The van der Waals surface area contributed by atoms with E-state index in [0.29, 0.717) is 11.5 Å². The van der Waals surface area contributed by atoms with Crippen LogP contribution in [0.4, 0.5) is 10.1 Å². The van der Waals surface area contributed by atoms with Crippen molar-refractivity contribution in [3.05, 3.63) is 65.5 Å². The van der Waals surface area contributed by atoms with Gasteiger partial charge in [0, 0.05) is 23.8 Å². The molecule has 7 heteroatoms. The number of rotatable bonds is 4. The number of fused-ring (bicyclic) bond motifs is 1. The Morgan fingerprint density at radius 2 is 1.69 bits per heavy atom. The van der Waals surface area contributed by atoms with Crippen LogP contribution in [-0.4, -0.2) is 49.4 Å². The predicted molar refractivity (Wildman–Crippen MR) is 111 cm³/mol. The second-order valence-corrected chi connectivity index (χ2v) is 10.4. The highest BCUT2D eigenvalue weighted by Gasteiger charge is 2.49. The van der Waals surface area contributed by atoms with Crippen LogP contribution in [0.3, 0.4) is 0 Å². The normalized spacial score (nSPS) is 24.1. The highest BCUT2D eigenvalue weighted by molar-refractivity contribution is 7.91. The van der Waals surface area contributed by atoms with Crippen LogP contribution in [0.1, 0.15) is 30.9 Å². The number of amides is 1. The quantitative estimate of drug-likeness (QED) is 0.769. The molecule has 0 bridgehead atoms. The molecule has 0 N–H and O–H groups in total. The highest BCUT2D eigenvalue weighted by Crippen LogP contribution is 2.33. The molecule has 2 unspecified atom stereocenters. The summed E-state index contributed by atoms with van der Waals surface area (Å²) in [6.45, 7) is 4.48. The van der Waals surface area contributed by atoms with Crippen LogP contribution >= 0.6 is 0 Å². The summed E-state index contributed by atoms with van der Waals surface area (Å²) in [5.74, 6) is -0.207. The molecule has 4 rings (SSSR count). The number of hydrogen-bond acceptors (Lipinski definition) is 4. The topological polar surface area (TPSA) is 57.7 Å². The van der Waals surface area contributed by atoms with Crippen molar-refractivity contribution in [2.75, 3.05) is 23.0 Å². The lowest BCUT2D eigenvalue weighted by molar-refractivity contribution is -0.123. The summed E-state index contributed by atoms with van der Waals surface area (Å²) in [5.41, 5.74) is 2.35. The number of carbonyl (C=O) groups excluding carboxylic acids is 1. The minimum Gasteiger partial charge on any atom is -0.306 e. The SMILES string of the molecule is CC(C)c1ccc(N2C(=O)CN(Cc3ccccc3F)C3CS(=O)(=O)CC32)cc1. The second-order valence-electron chi connectivity index (χ2n) is 8.22. The van der Waals surface area contributed by atoms with Crippen molar-refractivity contribution in [1.82, 2.24) is 4.90 Å². The van der Waals surface area contributed by atoms with Gasteiger partial charge in [-0.1, -0.05) is 44.2 Å². The third kappa shape index (κ3) is 3.94.